The molecule has 1 aliphatic carbocycles. The number of carbonyl (C=O) groups is 1. The predicted octanol–water partition coefficient (Wildman–Crippen LogP) is 1.53. The SMILES string of the molecule is CN(CC1CC1)C(=O)CN1C[C@@H](CN)[C@H](c2ccccc2)C1. The number of benzene rings is 1. The Bertz CT molecular complexity index is 500. The van der Waals surface area contributed by atoms with Gasteiger partial charge < -0.3 is 10.6 Å². The lowest BCUT2D eigenvalue weighted by Gasteiger charge is -2.21. The Kier molecular flexibility index (Phi) is 4.79. The predicted molar refractivity (Wildman–Crippen MR) is 88.5 cm³/mol. The molecule has 0 spiro atoms. The Balaban J connectivity index is 1.58. The lowest BCUT2D eigenvalue weighted by atomic mass is 9.89. The van der Waals surface area contributed by atoms with E-state index in [-0.39, 0.29) is 5.91 Å². The summed E-state index contributed by atoms with van der Waals surface area (Å²) in [5.74, 6) is 1.90. The quantitative estimate of drug-likeness (QED) is 0.867. The molecule has 120 valence electrons. The molecular weight excluding hydrogens is 274 g/mol. The third kappa shape index (κ3) is 3.68. The smallest absolute Gasteiger partial charge is 0.236 e. The Morgan fingerprint density at radius 2 is 2.00 bits per heavy atom. The highest BCUT2D eigenvalue weighted by Crippen LogP contribution is 2.32. The number of nitrogens with two attached hydrogens (primary N) is 1. The average molecular weight is 301 g/mol. The summed E-state index contributed by atoms with van der Waals surface area (Å²) in [6.45, 7) is 4.01. The monoisotopic (exact) mass is 301 g/mol. The summed E-state index contributed by atoms with van der Waals surface area (Å²) in [5.41, 5.74) is 7.31. The molecule has 2 N–H and O–H groups in total. The third-order valence-corrected chi connectivity index (χ3v) is 5.06. The van der Waals surface area contributed by atoms with Crippen LogP contribution in [0, 0.1) is 11.8 Å². The molecule has 0 aromatic heterocycles. The number of likely N-dealkylation sites (tertiary alicyclic amines) is 1. The van der Waals surface area contributed by atoms with E-state index in [1.807, 2.05) is 18.0 Å². The molecule has 4 heteroatoms. The van der Waals surface area contributed by atoms with Crippen LogP contribution in [0.3, 0.4) is 0 Å². The van der Waals surface area contributed by atoms with Crippen molar-refractivity contribution in [1.82, 2.24) is 9.80 Å². The highest BCUT2D eigenvalue weighted by atomic mass is 16.2. The van der Waals surface area contributed by atoms with Crippen LogP contribution in [-0.4, -0.2) is 55.5 Å². The molecule has 0 radical (unpaired) electrons. The van der Waals surface area contributed by atoms with Crippen LogP contribution >= 0.6 is 0 Å². The number of hydrogen-bond acceptors (Lipinski definition) is 3. The zero-order valence-electron chi connectivity index (χ0n) is 13.4. The van der Waals surface area contributed by atoms with E-state index in [2.05, 4.69) is 29.2 Å². The second-order valence-corrected chi connectivity index (χ2v) is 6.92. The van der Waals surface area contributed by atoms with Gasteiger partial charge in [-0.3, -0.25) is 9.69 Å². The molecule has 2 fully saturated rings. The number of amides is 1. The largest absolute Gasteiger partial charge is 0.344 e. The van der Waals surface area contributed by atoms with Gasteiger partial charge >= 0.3 is 0 Å². The topological polar surface area (TPSA) is 49.6 Å². The van der Waals surface area contributed by atoms with Gasteiger partial charge in [0, 0.05) is 32.6 Å². The van der Waals surface area contributed by atoms with Crippen molar-refractivity contribution in [3.8, 4) is 0 Å². The first-order chi connectivity index (χ1) is 10.7. The first-order valence-electron chi connectivity index (χ1n) is 8.38. The van der Waals surface area contributed by atoms with Gasteiger partial charge in [-0.1, -0.05) is 30.3 Å². The lowest BCUT2D eigenvalue weighted by Crippen LogP contribution is -2.38. The fourth-order valence-corrected chi connectivity index (χ4v) is 3.51. The van der Waals surface area contributed by atoms with Gasteiger partial charge in [0.15, 0.2) is 0 Å². The van der Waals surface area contributed by atoms with E-state index in [4.69, 9.17) is 5.73 Å². The van der Waals surface area contributed by atoms with Gasteiger partial charge in [-0.2, -0.15) is 0 Å². The van der Waals surface area contributed by atoms with Crippen molar-refractivity contribution in [2.24, 2.45) is 17.6 Å². The highest BCUT2D eigenvalue weighted by Gasteiger charge is 2.34. The first kappa shape index (κ1) is 15.5. The summed E-state index contributed by atoms with van der Waals surface area (Å²) in [6, 6.07) is 10.6. The van der Waals surface area contributed by atoms with E-state index >= 15 is 0 Å². The summed E-state index contributed by atoms with van der Waals surface area (Å²) in [6.07, 6.45) is 2.57. The number of nitrogens with zero attached hydrogens (tertiary/aromatic N) is 2. The van der Waals surface area contributed by atoms with Gasteiger partial charge in [0.1, 0.15) is 0 Å². The maximum Gasteiger partial charge on any atom is 0.236 e. The summed E-state index contributed by atoms with van der Waals surface area (Å²) in [4.78, 5) is 16.5. The Labute approximate surface area is 133 Å². The molecule has 2 atom stereocenters. The molecule has 1 heterocycles. The van der Waals surface area contributed by atoms with Crippen molar-refractivity contribution in [2.45, 2.75) is 18.8 Å². The van der Waals surface area contributed by atoms with Crippen LogP contribution in [0.1, 0.15) is 24.3 Å². The first-order valence-corrected chi connectivity index (χ1v) is 8.38. The van der Waals surface area contributed by atoms with E-state index in [1.165, 1.54) is 18.4 Å². The third-order valence-electron chi connectivity index (χ3n) is 5.06. The van der Waals surface area contributed by atoms with Gasteiger partial charge in [-0.25, -0.2) is 0 Å². The molecular formula is C18H27N3O. The fourth-order valence-electron chi connectivity index (χ4n) is 3.51. The van der Waals surface area contributed by atoms with Crippen LogP contribution in [0.4, 0.5) is 0 Å². The normalized spacial score (nSPS) is 25.4. The Morgan fingerprint density at radius 3 is 2.64 bits per heavy atom. The summed E-state index contributed by atoms with van der Waals surface area (Å²) < 4.78 is 0. The van der Waals surface area contributed by atoms with Crippen LogP contribution in [0.2, 0.25) is 0 Å². The van der Waals surface area contributed by atoms with E-state index in [9.17, 15) is 4.79 Å². The van der Waals surface area contributed by atoms with Crippen LogP contribution < -0.4 is 5.73 Å². The van der Waals surface area contributed by atoms with Crippen molar-refractivity contribution in [1.29, 1.82) is 0 Å². The standard InChI is InChI=1S/C18H27N3O/c1-20(10-14-7-8-14)18(22)13-21-11-16(9-19)17(12-21)15-5-3-2-4-6-15/h2-6,14,16-17H,7-13,19H2,1H3/t16-,17+/m1/s1. The van der Waals surface area contributed by atoms with Crippen molar-refractivity contribution >= 4 is 5.91 Å². The second-order valence-electron chi connectivity index (χ2n) is 6.92. The maximum absolute atomic E-state index is 12.4. The number of likely N-dealkylation sites (N-methyl/N-ethyl adjacent to an activating group) is 1. The summed E-state index contributed by atoms with van der Waals surface area (Å²) >= 11 is 0. The van der Waals surface area contributed by atoms with E-state index < -0.39 is 0 Å². The summed E-state index contributed by atoms with van der Waals surface area (Å²) in [5, 5.41) is 0. The molecule has 1 aromatic carbocycles. The molecule has 22 heavy (non-hydrogen) atoms. The molecule has 1 amide bonds. The minimum Gasteiger partial charge on any atom is -0.344 e. The molecule has 3 rings (SSSR count). The molecule has 2 aliphatic rings. The lowest BCUT2D eigenvalue weighted by molar-refractivity contribution is -0.131. The van der Waals surface area contributed by atoms with Crippen molar-refractivity contribution in [3.63, 3.8) is 0 Å². The molecule has 0 unspecified atom stereocenters. The summed E-state index contributed by atoms with van der Waals surface area (Å²) in [7, 11) is 1.94. The van der Waals surface area contributed by atoms with Crippen LogP contribution in [0.15, 0.2) is 30.3 Å². The number of rotatable bonds is 6. The van der Waals surface area contributed by atoms with Crippen molar-refractivity contribution in [2.75, 3.05) is 39.8 Å². The minimum atomic E-state index is 0.247. The minimum absolute atomic E-state index is 0.247. The van der Waals surface area contributed by atoms with Gasteiger partial charge in [-0.15, -0.1) is 0 Å². The average Bonchev–Trinajstić information content (AvgIpc) is 3.25. The van der Waals surface area contributed by atoms with E-state index in [0.717, 1.165) is 25.6 Å². The zero-order valence-corrected chi connectivity index (χ0v) is 13.4. The molecule has 1 saturated heterocycles. The molecule has 4 nitrogen and oxygen atoms in total. The van der Waals surface area contributed by atoms with Crippen molar-refractivity contribution < 1.29 is 4.79 Å². The van der Waals surface area contributed by atoms with Crippen LogP contribution in [0.25, 0.3) is 0 Å². The van der Waals surface area contributed by atoms with Crippen LogP contribution in [0.5, 0.6) is 0 Å². The molecule has 1 aromatic rings. The molecule has 1 aliphatic heterocycles. The second kappa shape index (κ2) is 6.80. The van der Waals surface area contributed by atoms with E-state index in [0.29, 0.717) is 24.9 Å². The van der Waals surface area contributed by atoms with Gasteiger partial charge in [-0.05, 0) is 36.8 Å². The maximum atomic E-state index is 12.4. The molecule has 0 bridgehead atoms. The number of hydrogen-bond donors (Lipinski definition) is 1. The van der Waals surface area contributed by atoms with E-state index in [1.54, 1.807) is 0 Å². The van der Waals surface area contributed by atoms with Crippen LogP contribution in [-0.2, 0) is 4.79 Å². The van der Waals surface area contributed by atoms with Gasteiger partial charge in [0.2, 0.25) is 5.91 Å². The Hall–Kier alpha value is -1.39. The number of carbonyl (C=O) groups excluding carboxylic acids is 1. The molecule has 1 saturated carbocycles. The van der Waals surface area contributed by atoms with Gasteiger partial charge in [0.05, 0.1) is 6.54 Å². The Morgan fingerprint density at radius 1 is 1.27 bits per heavy atom. The fraction of sp³-hybridized carbons (Fsp3) is 0.611. The highest BCUT2D eigenvalue weighted by molar-refractivity contribution is 5.78. The van der Waals surface area contributed by atoms with Gasteiger partial charge in [0.25, 0.3) is 0 Å². The van der Waals surface area contributed by atoms with Crippen molar-refractivity contribution in [3.05, 3.63) is 35.9 Å². The zero-order chi connectivity index (χ0) is 15.5.